The van der Waals surface area contributed by atoms with E-state index in [4.69, 9.17) is 16.0 Å². The minimum atomic E-state index is 0.370. The quantitative estimate of drug-likeness (QED) is 0.766. The minimum absolute atomic E-state index is 0.370. The van der Waals surface area contributed by atoms with Crippen molar-refractivity contribution < 1.29 is 4.42 Å². The summed E-state index contributed by atoms with van der Waals surface area (Å²) in [5.41, 5.74) is 1.15. The largest absolute Gasteiger partial charge is 0.453 e. The van der Waals surface area contributed by atoms with Gasteiger partial charge in [-0.2, -0.15) is 0 Å². The summed E-state index contributed by atoms with van der Waals surface area (Å²) in [6, 6.07) is 2.40. The van der Waals surface area contributed by atoms with E-state index < -0.39 is 0 Å². The zero-order chi connectivity index (χ0) is 12.8. The fourth-order valence-corrected chi connectivity index (χ4v) is 3.23. The average molecular weight is 270 g/mol. The van der Waals surface area contributed by atoms with Crippen LogP contribution in [-0.2, 0) is 0 Å². The molecule has 1 saturated carbocycles. The molecule has 2 rings (SSSR count). The molecule has 1 atom stereocenters. The van der Waals surface area contributed by atoms with Gasteiger partial charge in [0.2, 0.25) is 0 Å². The maximum Gasteiger partial charge on any atom is 0.197 e. The summed E-state index contributed by atoms with van der Waals surface area (Å²) < 4.78 is 5.27. The first-order valence-electron chi connectivity index (χ1n) is 7.29. The van der Waals surface area contributed by atoms with E-state index in [0.29, 0.717) is 17.2 Å². The van der Waals surface area contributed by atoms with Crippen LogP contribution < -0.4 is 5.32 Å². The lowest BCUT2D eigenvalue weighted by atomic mass is 9.88. The lowest BCUT2D eigenvalue weighted by Gasteiger charge is -2.26. The number of furan rings is 1. The number of nitrogens with one attached hydrogen (secondary N) is 1. The SMILES string of the molecule is CCCNC(c1ccoc1Cl)C1CCCCCC1. The Bertz CT molecular complexity index is 342. The van der Waals surface area contributed by atoms with Gasteiger partial charge in [0.05, 0.1) is 6.26 Å². The van der Waals surface area contributed by atoms with Crippen molar-refractivity contribution in [3.8, 4) is 0 Å². The predicted molar refractivity (Wildman–Crippen MR) is 75.9 cm³/mol. The Morgan fingerprint density at radius 2 is 2.06 bits per heavy atom. The molecule has 1 aliphatic carbocycles. The number of halogens is 1. The summed E-state index contributed by atoms with van der Waals surface area (Å²) in [6.07, 6.45) is 10.9. The minimum Gasteiger partial charge on any atom is -0.453 e. The van der Waals surface area contributed by atoms with Gasteiger partial charge in [-0.1, -0.05) is 32.6 Å². The van der Waals surface area contributed by atoms with Crippen molar-refractivity contribution in [1.29, 1.82) is 0 Å². The van der Waals surface area contributed by atoms with Crippen LogP contribution in [0.3, 0.4) is 0 Å². The lowest BCUT2D eigenvalue weighted by molar-refractivity contribution is 0.324. The third kappa shape index (κ3) is 3.52. The monoisotopic (exact) mass is 269 g/mol. The van der Waals surface area contributed by atoms with Crippen molar-refractivity contribution in [3.63, 3.8) is 0 Å². The zero-order valence-electron chi connectivity index (χ0n) is 11.3. The van der Waals surface area contributed by atoms with Gasteiger partial charge in [-0.25, -0.2) is 0 Å². The molecule has 1 aromatic heterocycles. The smallest absolute Gasteiger partial charge is 0.197 e. The van der Waals surface area contributed by atoms with E-state index in [1.165, 1.54) is 38.5 Å². The van der Waals surface area contributed by atoms with Crippen LogP contribution in [0.15, 0.2) is 16.7 Å². The first-order valence-corrected chi connectivity index (χ1v) is 7.67. The van der Waals surface area contributed by atoms with Crippen LogP contribution >= 0.6 is 11.6 Å². The lowest BCUT2D eigenvalue weighted by Crippen LogP contribution is -2.28. The fourth-order valence-electron chi connectivity index (χ4n) is 3.00. The van der Waals surface area contributed by atoms with Gasteiger partial charge in [-0.15, -0.1) is 0 Å². The van der Waals surface area contributed by atoms with Crippen LogP contribution in [-0.4, -0.2) is 6.54 Å². The summed E-state index contributed by atoms with van der Waals surface area (Å²) in [5.74, 6) is 0.703. The topological polar surface area (TPSA) is 25.2 Å². The van der Waals surface area contributed by atoms with Crippen molar-refractivity contribution in [2.45, 2.75) is 57.9 Å². The van der Waals surface area contributed by atoms with E-state index in [2.05, 4.69) is 12.2 Å². The first-order chi connectivity index (χ1) is 8.83. The van der Waals surface area contributed by atoms with Gasteiger partial charge in [0.1, 0.15) is 0 Å². The number of rotatable bonds is 5. The molecular weight excluding hydrogens is 246 g/mol. The molecule has 1 N–H and O–H groups in total. The normalized spacial score (nSPS) is 19.7. The highest BCUT2D eigenvalue weighted by molar-refractivity contribution is 6.29. The predicted octanol–water partition coefficient (Wildman–Crippen LogP) is 4.94. The Kier molecular flexibility index (Phi) is 5.58. The second kappa shape index (κ2) is 7.20. The van der Waals surface area contributed by atoms with Gasteiger partial charge in [-0.05, 0) is 49.4 Å². The Hall–Kier alpha value is -0.470. The summed E-state index contributed by atoms with van der Waals surface area (Å²) in [7, 11) is 0. The van der Waals surface area contributed by atoms with Gasteiger partial charge in [0.15, 0.2) is 5.22 Å². The highest BCUT2D eigenvalue weighted by atomic mass is 35.5. The molecule has 2 nitrogen and oxygen atoms in total. The van der Waals surface area contributed by atoms with Gasteiger partial charge in [0.25, 0.3) is 0 Å². The standard InChI is InChI=1S/C15H24ClNO/c1-2-10-17-14(13-9-11-18-15(13)16)12-7-5-3-4-6-8-12/h9,11-12,14,17H,2-8,10H2,1H3. The van der Waals surface area contributed by atoms with Crippen molar-refractivity contribution in [1.82, 2.24) is 5.32 Å². The molecule has 1 unspecified atom stereocenters. The van der Waals surface area contributed by atoms with Crippen LogP contribution in [0, 0.1) is 5.92 Å². The van der Waals surface area contributed by atoms with Gasteiger partial charge < -0.3 is 9.73 Å². The summed E-state index contributed by atoms with van der Waals surface area (Å²) in [6.45, 7) is 3.25. The maximum atomic E-state index is 6.17. The van der Waals surface area contributed by atoms with E-state index in [-0.39, 0.29) is 0 Å². The highest BCUT2D eigenvalue weighted by Gasteiger charge is 2.26. The van der Waals surface area contributed by atoms with Gasteiger partial charge in [-0.3, -0.25) is 0 Å². The van der Waals surface area contributed by atoms with E-state index in [9.17, 15) is 0 Å². The molecule has 1 fully saturated rings. The average Bonchev–Trinajstić information content (AvgIpc) is 2.65. The van der Waals surface area contributed by atoms with Crippen LogP contribution in [0.4, 0.5) is 0 Å². The first kappa shape index (κ1) is 14.0. The van der Waals surface area contributed by atoms with Crippen LogP contribution in [0.2, 0.25) is 5.22 Å². The Morgan fingerprint density at radius 1 is 1.33 bits per heavy atom. The van der Waals surface area contributed by atoms with Crippen molar-refractivity contribution in [2.24, 2.45) is 5.92 Å². The van der Waals surface area contributed by atoms with E-state index >= 15 is 0 Å². The zero-order valence-corrected chi connectivity index (χ0v) is 12.0. The van der Waals surface area contributed by atoms with Crippen molar-refractivity contribution in [3.05, 3.63) is 23.1 Å². The second-order valence-electron chi connectivity index (χ2n) is 5.33. The highest BCUT2D eigenvalue weighted by Crippen LogP contribution is 2.36. The molecule has 3 heteroatoms. The maximum absolute atomic E-state index is 6.17. The molecule has 1 heterocycles. The van der Waals surface area contributed by atoms with E-state index in [1.807, 2.05) is 6.07 Å². The third-order valence-corrected chi connectivity index (χ3v) is 4.27. The molecule has 1 aromatic rings. The Balaban J connectivity index is 2.10. The van der Waals surface area contributed by atoms with Crippen molar-refractivity contribution >= 4 is 11.6 Å². The number of hydrogen-bond donors (Lipinski definition) is 1. The molecule has 0 saturated heterocycles. The third-order valence-electron chi connectivity index (χ3n) is 3.97. The van der Waals surface area contributed by atoms with Crippen LogP contribution in [0.5, 0.6) is 0 Å². The summed E-state index contributed by atoms with van der Waals surface area (Å²) >= 11 is 6.17. The molecule has 0 amide bonds. The summed E-state index contributed by atoms with van der Waals surface area (Å²) in [5, 5.41) is 4.23. The van der Waals surface area contributed by atoms with Gasteiger partial charge >= 0.3 is 0 Å². The van der Waals surface area contributed by atoms with Crippen LogP contribution in [0.1, 0.15) is 63.5 Å². The molecule has 102 valence electrons. The molecule has 0 aromatic carbocycles. The fraction of sp³-hybridized carbons (Fsp3) is 0.733. The molecular formula is C15H24ClNO. The molecule has 0 bridgehead atoms. The van der Waals surface area contributed by atoms with Crippen LogP contribution in [0.25, 0.3) is 0 Å². The number of hydrogen-bond acceptors (Lipinski definition) is 2. The molecule has 0 radical (unpaired) electrons. The molecule has 1 aliphatic rings. The van der Waals surface area contributed by atoms with Crippen molar-refractivity contribution in [2.75, 3.05) is 6.54 Å². The Morgan fingerprint density at radius 3 is 2.61 bits per heavy atom. The summed E-state index contributed by atoms with van der Waals surface area (Å²) in [4.78, 5) is 0. The van der Waals surface area contributed by atoms with E-state index in [1.54, 1.807) is 6.26 Å². The molecule has 0 aliphatic heterocycles. The molecule has 18 heavy (non-hydrogen) atoms. The van der Waals surface area contributed by atoms with Gasteiger partial charge in [0, 0.05) is 11.6 Å². The van der Waals surface area contributed by atoms with E-state index in [0.717, 1.165) is 18.5 Å². The molecule has 0 spiro atoms. The second-order valence-corrected chi connectivity index (χ2v) is 5.68. The Labute approximate surface area is 115 Å².